The predicted molar refractivity (Wildman–Crippen MR) is 134 cm³/mol. The number of aromatic nitrogens is 4. The summed E-state index contributed by atoms with van der Waals surface area (Å²) in [4.78, 5) is 9.78. The van der Waals surface area contributed by atoms with Crippen LogP contribution in [0.15, 0.2) is 58.0 Å². The zero-order chi connectivity index (χ0) is 25.5. The molecule has 7 nitrogen and oxygen atoms in total. The third-order valence-corrected chi connectivity index (χ3v) is 6.48. The van der Waals surface area contributed by atoms with Crippen LogP contribution in [0.3, 0.4) is 0 Å². The average molecular weight is 515 g/mol. The summed E-state index contributed by atoms with van der Waals surface area (Å²) in [6.07, 6.45) is 2.04. The van der Waals surface area contributed by atoms with Crippen molar-refractivity contribution in [2.24, 2.45) is 0 Å². The first kappa shape index (κ1) is 25.6. The van der Waals surface area contributed by atoms with Crippen molar-refractivity contribution < 1.29 is 17.6 Å². The first-order valence-corrected chi connectivity index (χ1v) is 12.2. The summed E-state index contributed by atoms with van der Waals surface area (Å²) in [7, 11) is 0. The van der Waals surface area contributed by atoms with Crippen LogP contribution in [0.4, 0.5) is 19.0 Å². The van der Waals surface area contributed by atoms with Gasteiger partial charge in [0.25, 0.3) is 11.8 Å². The van der Waals surface area contributed by atoms with Crippen molar-refractivity contribution in [3.8, 4) is 34.3 Å². The molecule has 0 amide bonds. The molecule has 0 saturated carbocycles. The van der Waals surface area contributed by atoms with E-state index < -0.39 is 12.5 Å². The molecular weight excluding hydrogens is 489 g/mol. The van der Waals surface area contributed by atoms with Crippen LogP contribution in [0.5, 0.6) is 0 Å². The van der Waals surface area contributed by atoms with E-state index >= 15 is 0 Å². The van der Waals surface area contributed by atoms with Gasteiger partial charge in [-0.25, -0.2) is 18.7 Å². The quantitative estimate of drug-likeness (QED) is 0.200. The summed E-state index contributed by atoms with van der Waals surface area (Å²) in [6, 6.07) is 12.2. The standard InChI is InChI=1S/C25H25F3N6OS/c1-15(8-9-26)36-18-5-3-17(4-6-18)21-14-31-23(29)22(32-21)25-34-33-24(35-25)19-7-2-16(12-20(19)28)13-30-11-10-27/h2-7,12,14-15,30H,8-11,13H2,1H3,(H2,29,31). The molecule has 2 heterocycles. The molecule has 36 heavy (non-hydrogen) atoms. The molecule has 11 heteroatoms. The number of thioether (sulfide) groups is 1. The second-order valence-corrected chi connectivity index (χ2v) is 9.52. The Kier molecular flexibility index (Phi) is 8.55. The number of nitrogen functional groups attached to an aromatic ring is 1. The Morgan fingerprint density at radius 2 is 1.83 bits per heavy atom. The van der Waals surface area contributed by atoms with E-state index in [2.05, 4.69) is 25.5 Å². The number of halogens is 3. The van der Waals surface area contributed by atoms with Crippen LogP contribution in [0.1, 0.15) is 18.9 Å². The number of benzene rings is 2. The minimum atomic E-state index is -0.545. The monoisotopic (exact) mass is 514 g/mol. The van der Waals surface area contributed by atoms with E-state index in [1.54, 1.807) is 24.0 Å². The predicted octanol–water partition coefficient (Wildman–Crippen LogP) is 5.48. The maximum atomic E-state index is 14.7. The number of anilines is 1. The molecule has 0 aliphatic heterocycles. The second kappa shape index (κ2) is 12.0. The lowest BCUT2D eigenvalue weighted by Gasteiger charge is -2.09. The lowest BCUT2D eigenvalue weighted by Crippen LogP contribution is -2.16. The van der Waals surface area contributed by atoms with Gasteiger partial charge < -0.3 is 15.5 Å². The zero-order valence-electron chi connectivity index (χ0n) is 19.5. The molecule has 4 rings (SSSR count). The summed E-state index contributed by atoms with van der Waals surface area (Å²) in [5, 5.41) is 11.0. The van der Waals surface area contributed by atoms with Crippen LogP contribution in [0.2, 0.25) is 0 Å². The van der Waals surface area contributed by atoms with Gasteiger partial charge in [-0.1, -0.05) is 25.1 Å². The normalized spacial score (nSPS) is 12.1. The smallest absolute Gasteiger partial charge is 0.270 e. The molecule has 188 valence electrons. The number of alkyl halides is 2. The number of nitrogens with two attached hydrogens (primary N) is 1. The lowest BCUT2D eigenvalue weighted by atomic mass is 10.1. The Bertz CT molecular complexity index is 1300. The Morgan fingerprint density at radius 3 is 2.56 bits per heavy atom. The van der Waals surface area contributed by atoms with Gasteiger partial charge in [0.1, 0.15) is 12.5 Å². The first-order chi connectivity index (χ1) is 17.5. The van der Waals surface area contributed by atoms with Crippen LogP contribution in [0, 0.1) is 5.82 Å². The second-order valence-electron chi connectivity index (χ2n) is 8.01. The van der Waals surface area contributed by atoms with E-state index in [9.17, 15) is 13.2 Å². The molecule has 1 unspecified atom stereocenters. The van der Waals surface area contributed by atoms with E-state index in [0.717, 1.165) is 10.5 Å². The van der Waals surface area contributed by atoms with Crippen molar-refractivity contribution in [1.82, 2.24) is 25.5 Å². The van der Waals surface area contributed by atoms with Gasteiger partial charge in [0.15, 0.2) is 11.5 Å². The van der Waals surface area contributed by atoms with Gasteiger partial charge in [0, 0.05) is 28.8 Å². The van der Waals surface area contributed by atoms with E-state index in [0.29, 0.717) is 24.2 Å². The van der Waals surface area contributed by atoms with Gasteiger partial charge in [0.05, 0.1) is 24.1 Å². The van der Waals surface area contributed by atoms with Crippen LogP contribution in [-0.4, -0.2) is 45.3 Å². The van der Waals surface area contributed by atoms with Crippen LogP contribution >= 0.6 is 11.8 Å². The van der Waals surface area contributed by atoms with Crippen LogP contribution in [0.25, 0.3) is 34.3 Å². The highest BCUT2D eigenvalue weighted by Crippen LogP contribution is 2.31. The Balaban J connectivity index is 1.54. The number of hydrogen-bond donors (Lipinski definition) is 2. The Hall–Kier alpha value is -3.44. The number of hydrogen-bond acceptors (Lipinski definition) is 8. The third-order valence-electron chi connectivity index (χ3n) is 5.30. The van der Waals surface area contributed by atoms with Gasteiger partial charge in [-0.2, -0.15) is 0 Å². The molecule has 0 aliphatic carbocycles. The fourth-order valence-electron chi connectivity index (χ4n) is 3.41. The minimum Gasteiger partial charge on any atom is -0.414 e. The average Bonchev–Trinajstić information content (AvgIpc) is 3.35. The van der Waals surface area contributed by atoms with E-state index in [-0.39, 0.29) is 47.3 Å². The van der Waals surface area contributed by atoms with Gasteiger partial charge in [-0.3, -0.25) is 4.39 Å². The Labute approximate surface area is 210 Å². The molecule has 1 atom stereocenters. The van der Waals surface area contributed by atoms with E-state index in [1.807, 2.05) is 31.2 Å². The lowest BCUT2D eigenvalue weighted by molar-refractivity contribution is 0.466. The molecule has 2 aromatic carbocycles. The minimum absolute atomic E-state index is 0.0113. The maximum absolute atomic E-state index is 14.7. The summed E-state index contributed by atoms with van der Waals surface area (Å²) >= 11 is 1.60. The van der Waals surface area contributed by atoms with Crippen LogP contribution < -0.4 is 11.1 Å². The topological polar surface area (TPSA) is 103 Å². The number of rotatable bonds is 11. The highest BCUT2D eigenvalue weighted by Gasteiger charge is 2.19. The highest BCUT2D eigenvalue weighted by molar-refractivity contribution is 7.99. The van der Waals surface area contributed by atoms with Crippen molar-refractivity contribution in [2.45, 2.75) is 30.0 Å². The summed E-state index contributed by atoms with van der Waals surface area (Å²) < 4.78 is 45.1. The highest BCUT2D eigenvalue weighted by atomic mass is 32.2. The molecule has 0 saturated heterocycles. The number of nitrogens with one attached hydrogen (secondary N) is 1. The van der Waals surface area contributed by atoms with Crippen molar-refractivity contribution >= 4 is 17.6 Å². The number of nitrogens with zero attached hydrogens (tertiary/aromatic N) is 4. The molecule has 0 bridgehead atoms. The van der Waals surface area contributed by atoms with Crippen molar-refractivity contribution in [3.05, 3.63) is 60.0 Å². The van der Waals surface area contributed by atoms with Crippen molar-refractivity contribution in [1.29, 1.82) is 0 Å². The molecule has 2 aromatic heterocycles. The molecule has 0 fully saturated rings. The third kappa shape index (κ3) is 6.21. The van der Waals surface area contributed by atoms with Gasteiger partial charge in [-0.05, 0) is 36.2 Å². The Morgan fingerprint density at radius 1 is 1.06 bits per heavy atom. The zero-order valence-corrected chi connectivity index (χ0v) is 20.4. The molecule has 0 aliphatic rings. The molecular formula is C25H25F3N6OS. The molecule has 4 aromatic rings. The van der Waals surface area contributed by atoms with Gasteiger partial charge in [0.2, 0.25) is 0 Å². The van der Waals surface area contributed by atoms with Crippen molar-refractivity contribution in [2.75, 3.05) is 25.6 Å². The van der Waals surface area contributed by atoms with E-state index in [1.165, 1.54) is 12.1 Å². The summed E-state index contributed by atoms with van der Waals surface area (Å²) in [6.45, 7) is 1.68. The molecule has 3 N–H and O–H groups in total. The van der Waals surface area contributed by atoms with E-state index in [4.69, 9.17) is 10.2 Å². The fraction of sp³-hybridized carbons (Fsp3) is 0.280. The maximum Gasteiger partial charge on any atom is 0.270 e. The largest absolute Gasteiger partial charge is 0.414 e. The molecule has 0 radical (unpaired) electrons. The SMILES string of the molecule is CC(CCF)Sc1ccc(-c2cnc(N)c(-c3nnc(-c4ccc(CNCCF)cc4F)o3)n2)cc1. The fourth-order valence-corrected chi connectivity index (χ4v) is 4.38. The first-order valence-electron chi connectivity index (χ1n) is 11.3. The summed E-state index contributed by atoms with van der Waals surface area (Å²) in [5.41, 5.74) is 8.34. The van der Waals surface area contributed by atoms with Gasteiger partial charge in [-0.15, -0.1) is 22.0 Å². The van der Waals surface area contributed by atoms with Crippen LogP contribution in [-0.2, 0) is 6.54 Å². The molecule has 0 spiro atoms. The van der Waals surface area contributed by atoms with Gasteiger partial charge >= 0.3 is 0 Å². The summed E-state index contributed by atoms with van der Waals surface area (Å²) in [5.74, 6) is -0.467. The van der Waals surface area contributed by atoms with Crippen molar-refractivity contribution in [3.63, 3.8) is 0 Å².